The van der Waals surface area contributed by atoms with Crippen LogP contribution in [0.4, 0.5) is 0 Å². The average molecular weight is 269 g/mol. The molecule has 1 aliphatic heterocycles. The predicted octanol–water partition coefficient (Wildman–Crippen LogP) is 4.58. The van der Waals surface area contributed by atoms with E-state index in [1.54, 1.807) is 0 Å². The van der Waals surface area contributed by atoms with Gasteiger partial charge in [-0.15, -0.1) is 0 Å². The first-order valence-electron chi connectivity index (χ1n) is 4.78. The molecule has 0 saturated carbocycles. The van der Waals surface area contributed by atoms with Crippen LogP contribution in [0.2, 0.25) is 5.02 Å². The van der Waals surface area contributed by atoms with Crippen molar-refractivity contribution in [2.45, 2.75) is 0 Å². The van der Waals surface area contributed by atoms with E-state index in [1.165, 1.54) is 0 Å². The molecule has 0 aromatic heterocycles. The summed E-state index contributed by atoms with van der Waals surface area (Å²) in [6.07, 6.45) is 0. The first-order valence-corrected chi connectivity index (χ1v) is 7.33. The highest BCUT2D eigenvalue weighted by atomic mass is 35.7. The molecule has 1 atom stereocenters. The number of hydrogen-bond donors (Lipinski definition) is 0. The molecule has 0 aliphatic carbocycles. The Balaban J connectivity index is 2.29. The van der Waals surface area contributed by atoms with Crippen LogP contribution in [-0.4, -0.2) is 0 Å². The summed E-state index contributed by atoms with van der Waals surface area (Å²) in [7, 11) is -1.07. The first-order chi connectivity index (χ1) is 7.75. The number of fused-ring (bicyclic) bond motifs is 3. The fourth-order valence-corrected chi connectivity index (χ4v) is 3.64. The zero-order valence-corrected chi connectivity index (χ0v) is 10.6. The summed E-state index contributed by atoms with van der Waals surface area (Å²) in [5, 5.41) is 1.76. The predicted molar refractivity (Wildman–Crippen MR) is 69.9 cm³/mol. The van der Waals surface area contributed by atoms with E-state index in [-0.39, 0.29) is 0 Å². The Morgan fingerprint density at radius 1 is 1.00 bits per heavy atom. The van der Waals surface area contributed by atoms with Crippen molar-refractivity contribution in [3.05, 3.63) is 47.5 Å². The molecular weight excluding hydrogens is 262 g/mol. The van der Waals surface area contributed by atoms with E-state index in [0.29, 0.717) is 5.02 Å². The lowest BCUT2D eigenvalue weighted by Gasteiger charge is -2.23. The summed E-state index contributed by atoms with van der Waals surface area (Å²) < 4.78 is 5.68. The molecule has 0 spiro atoms. The summed E-state index contributed by atoms with van der Waals surface area (Å²) in [5.41, 5.74) is 2.13. The van der Waals surface area contributed by atoms with Gasteiger partial charge in [0.1, 0.15) is 5.75 Å². The van der Waals surface area contributed by atoms with E-state index in [9.17, 15) is 0 Å². The summed E-state index contributed by atoms with van der Waals surface area (Å²) in [6, 6.07) is 13.6. The molecule has 2 aromatic rings. The lowest BCUT2D eigenvalue weighted by molar-refractivity contribution is 0.633. The Kier molecular flexibility index (Phi) is 2.55. The van der Waals surface area contributed by atoms with Crippen molar-refractivity contribution >= 4 is 35.6 Å². The summed E-state index contributed by atoms with van der Waals surface area (Å²) in [4.78, 5) is 0. The van der Waals surface area contributed by atoms with Crippen LogP contribution >= 0.6 is 30.3 Å². The number of rotatable bonds is 0. The molecule has 1 nitrogen and oxygen atoms in total. The molecule has 80 valence electrons. The zero-order valence-electron chi connectivity index (χ0n) is 8.15. The van der Waals surface area contributed by atoms with E-state index in [2.05, 4.69) is 0 Å². The largest absolute Gasteiger partial charge is 0.453 e. The highest BCUT2D eigenvalue weighted by molar-refractivity contribution is 7.86. The minimum absolute atomic E-state index is 0.706. The van der Waals surface area contributed by atoms with Crippen molar-refractivity contribution < 1.29 is 4.52 Å². The van der Waals surface area contributed by atoms with Crippen LogP contribution in [0.25, 0.3) is 11.1 Å². The van der Waals surface area contributed by atoms with Gasteiger partial charge in [0.15, 0.2) is 0 Å². The molecule has 16 heavy (non-hydrogen) atoms. The van der Waals surface area contributed by atoms with E-state index < -0.39 is 7.50 Å². The molecule has 1 aliphatic rings. The minimum atomic E-state index is -1.07. The number of benzene rings is 2. The van der Waals surface area contributed by atoms with Gasteiger partial charge in [0, 0.05) is 15.9 Å². The second-order valence-corrected chi connectivity index (χ2v) is 6.01. The fourth-order valence-electron chi connectivity index (χ4n) is 1.78. The van der Waals surface area contributed by atoms with Gasteiger partial charge >= 0.3 is 0 Å². The fraction of sp³-hybridized carbons (Fsp3) is 0. The van der Waals surface area contributed by atoms with Gasteiger partial charge in [-0.25, -0.2) is 0 Å². The molecule has 1 heterocycles. The molecule has 2 aromatic carbocycles. The normalized spacial score (nSPS) is 17.2. The third-order valence-electron chi connectivity index (χ3n) is 2.50. The zero-order chi connectivity index (χ0) is 11.1. The Hall–Kier alpha value is -0.750. The van der Waals surface area contributed by atoms with Gasteiger partial charge in [-0.3, -0.25) is 0 Å². The van der Waals surface area contributed by atoms with Crippen molar-refractivity contribution in [2.75, 3.05) is 0 Å². The molecule has 0 bridgehead atoms. The van der Waals surface area contributed by atoms with Gasteiger partial charge in [0.25, 0.3) is 0 Å². The second kappa shape index (κ2) is 3.92. The summed E-state index contributed by atoms with van der Waals surface area (Å²) >= 11 is 12.2. The molecule has 1 unspecified atom stereocenters. The lowest BCUT2D eigenvalue weighted by atomic mass is 10.0. The van der Waals surface area contributed by atoms with Crippen molar-refractivity contribution in [3.8, 4) is 16.9 Å². The molecule has 0 radical (unpaired) electrons. The maximum atomic E-state index is 6.22. The smallest absolute Gasteiger partial charge is 0.215 e. The van der Waals surface area contributed by atoms with Crippen LogP contribution in [0.5, 0.6) is 5.75 Å². The lowest BCUT2D eigenvalue weighted by Crippen LogP contribution is -2.10. The second-order valence-electron chi connectivity index (χ2n) is 3.49. The van der Waals surface area contributed by atoms with Crippen LogP contribution in [0.15, 0.2) is 42.5 Å². The molecule has 0 N–H and O–H groups in total. The Morgan fingerprint density at radius 3 is 2.69 bits per heavy atom. The molecule has 0 fully saturated rings. The maximum Gasteiger partial charge on any atom is 0.215 e. The Bertz CT molecular complexity index is 556. The molecule has 4 heteroatoms. The first kappa shape index (κ1) is 10.4. The van der Waals surface area contributed by atoms with Crippen LogP contribution in [-0.2, 0) is 0 Å². The van der Waals surface area contributed by atoms with Crippen molar-refractivity contribution in [1.82, 2.24) is 0 Å². The molecular formula is C12H7Cl2OP. The van der Waals surface area contributed by atoms with Crippen LogP contribution in [0.1, 0.15) is 0 Å². The topological polar surface area (TPSA) is 9.23 Å². The van der Waals surface area contributed by atoms with Gasteiger partial charge in [0.05, 0.1) is 0 Å². The monoisotopic (exact) mass is 268 g/mol. The van der Waals surface area contributed by atoms with Crippen molar-refractivity contribution in [2.24, 2.45) is 0 Å². The van der Waals surface area contributed by atoms with E-state index >= 15 is 0 Å². The van der Waals surface area contributed by atoms with Gasteiger partial charge in [0.2, 0.25) is 7.50 Å². The van der Waals surface area contributed by atoms with Gasteiger partial charge in [-0.2, -0.15) is 0 Å². The summed E-state index contributed by atoms with van der Waals surface area (Å²) in [5.74, 6) is 0.809. The van der Waals surface area contributed by atoms with E-state index in [0.717, 1.165) is 22.2 Å². The van der Waals surface area contributed by atoms with Crippen molar-refractivity contribution in [3.63, 3.8) is 0 Å². The third kappa shape index (κ3) is 1.60. The highest BCUT2D eigenvalue weighted by Gasteiger charge is 2.24. The van der Waals surface area contributed by atoms with Crippen LogP contribution in [0.3, 0.4) is 0 Å². The minimum Gasteiger partial charge on any atom is -0.453 e. The molecule has 3 rings (SSSR count). The third-order valence-corrected chi connectivity index (χ3v) is 4.62. The summed E-state index contributed by atoms with van der Waals surface area (Å²) in [6.45, 7) is 0. The quantitative estimate of drug-likeness (QED) is 0.636. The Labute approximate surface area is 105 Å². The number of hydrogen-bond acceptors (Lipinski definition) is 1. The molecule has 0 amide bonds. The number of halogens is 2. The van der Waals surface area contributed by atoms with Gasteiger partial charge in [-0.05, 0) is 41.1 Å². The van der Waals surface area contributed by atoms with Crippen LogP contribution in [0, 0.1) is 0 Å². The molecule has 0 saturated heterocycles. The van der Waals surface area contributed by atoms with Crippen LogP contribution < -0.4 is 9.83 Å². The highest BCUT2D eigenvalue weighted by Crippen LogP contribution is 2.51. The Morgan fingerprint density at radius 2 is 1.81 bits per heavy atom. The van der Waals surface area contributed by atoms with E-state index in [4.69, 9.17) is 27.4 Å². The van der Waals surface area contributed by atoms with Gasteiger partial charge in [-0.1, -0.05) is 29.8 Å². The van der Waals surface area contributed by atoms with Crippen molar-refractivity contribution in [1.29, 1.82) is 0 Å². The maximum absolute atomic E-state index is 6.22. The van der Waals surface area contributed by atoms with Gasteiger partial charge < -0.3 is 4.52 Å². The SMILES string of the molecule is Clc1ccc2c(c1)-c1ccccc1P(Cl)O2. The van der Waals surface area contributed by atoms with E-state index in [1.807, 2.05) is 42.5 Å². The standard InChI is InChI=1S/C12H7Cl2OP/c13-8-5-6-11-10(7-8)9-3-1-2-4-12(9)16(14)15-11/h1-7H. The average Bonchev–Trinajstić information content (AvgIpc) is 2.31.